The largest absolute Gasteiger partial charge is 0.497 e. The molecule has 1 heterocycles. The van der Waals surface area contributed by atoms with Crippen LogP contribution in [-0.2, 0) is 19.7 Å². The number of carbonyl (C=O) groups excluding carboxylic acids is 1. The van der Waals surface area contributed by atoms with E-state index in [9.17, 15) is 9.59 Å². The number of ether oxygens (including phenoxy) is 2. The number of urea groups is 1. The molecule has 0 saturated carbocycles. The van der Waals surface area contributed by atoms with Gasteiger partial charge in [-0.25, -0.2) is 4.79 Å². The van der Waals surface area contributed by atoms with E-state index < -0.39 is 6.03 Å². The van der Waals surface area contributed by atoms with Gasteiger partial charge in [-0.2, -0.15) is 0 Å². The minimum absolute atomic E-state index is 0.0202. The van der Waals surface area contributed by atoms with E-state index in [-0.39, 0.29) is 23.7 Å². The van der Waals surface area contributed by atoms with Crippen LogP contribution in [0.2, 0.25) is 5.02 Å². The summed E-state index contributed by atoms with van der Waals surface area (Å²) in [5.41, 5.74) is 8.22. The second kappa shape index (κ2) is 10.0. The number of hydrogen-bond donors (Lipinski definition) is 2. The van der Waals surface area contributed by atoms with Crippen molar-refractivity contribution in [3.05, 3.63) is 92.4 Å². The molecule has 8 heteroatoms. The Morgan fingerprint density at radius 1 is 1.13 bits per heavy atom. The van der Waals surface area contributed by atoms with Gasteiger partial charge in [-0.1, -0.05) is 48.0 Å². The molecular weight excluding hydrogens is 418 g/mol. The van der Waals surface area contributed by atoms with E-state index in [2.05, 4.69) is 5.32 Å². The molecule has 3 rings (SSSR count). The number of aryl methyl sites for hydroxylation is 1. The van der Waals surface area contributed by atoms with Crippen LogP contribution in [0, 0.1) is 6.92 Å². The number of benzene rings is 2. The smallest absolute Gasteiger partial charge is 0.312 e. The van der Waals surface area contributed by atoms with Crippen LogP contribution in [0.1, 0.15) is 22.4 Å². The Morgan fingerprint density at radius 2 is 1.81 bits per heavy atom. The summed E-state index contributed by atoms with van der Waals surface area (Å²) in [6.45, 7) is 2.69. The quantitative estimate of drug-likeness (QED) is 0.558. The highest BCUT2D eigenvalue weighted by Crippen LogP contribution is 2.24. The molecule has 1 aromatic heterocycles. The van der Waals surface area contributed by atoms with Crippen molar-refractivity contribution in [3.63, 3.8) is 0 Å². The van der Waals surface area contributed by atoms with Crippen molar-refractivity contribution in [1.29, 1.82) is 0 Å². The lowest BCUT2D eigenvalue weighted by Gasteiger charge is -2.16. The van der Waals surface area contributed by atoms with Gasteiger partial charge in [0.1, 0.15) is 23.1 Å². The van der Waals surface area contributed by atoms with E-state index in [4.69, 9.17) is 26.8 Å². The fraction of sp³-hybridized carbons (Fsp3) is 0.217. The maximum Gasteiger partial charge on any atom is 0.312 e. The molecule has 0 bridgehead atoms. The molecule has 0 aliphatic carbocycles. The number of pyridine rings is 1. The Hall–Kier alpha value is -3.45. The summed E-state index contributed by atoms with van der Waals surface area (Å²) in [6, 6.07) is 16.1. The molecule has 0 aliphatic rings. The number of hydrogen-bond acceptors (Lipinski definition) is 4. The van der Waals surface area contributed by atoms with Crippen molar-refractivity contribution in [3.8, 4) is 11.5 Å². The molecule has 7 nitrogen and oxygen atoms in total. The maximum absolute atomic E-state index is 12.9. The second-order valence-electron chi connectivity index (χ2n) is 6.98. The van der Waals surface area contributed by atoms with Crippen molar-refractivity contribution in [2.75, 3.05) is 7.11 Å². The molecule has 0 aliphatic heterocycles. The predicted octanol–water partition coefficient (Wildman–Crippen LogP) is 3.61. The molecule has 0 radical (unpaired) electrons. The minimum Gasteiger partial charge on any atom is -0.497 e. The van der Waals surface area contributed by atoms with Crippen LogP contribution in [0.15, 0.2) is 59.4 Å². The van der Waals surface area contributed by atoms with Crippen LogP contribution in [-0.4, -0.2) is 17.7 Å². The Bertz CT molecular complexity index is 1130. The Kier molecular flexibility index (Phi) is 7.20. The van der Waals surface area contributed by atoms with Gasteiger partial charge in [0.15, 0.2) is 0 Å². The SMILES string of the molecule is COc1ccc(Cn2c(C)cc(OCc3ccccc3CNC(N)=O)c(Cl)c2=O)cc1. The van der Waals surface area contributed by atoms with Gasteiger partial charge in [0.2, 0.25) is 0 Å². The number of nitrogens with zero attached hydrogens (tertiary/aromatic N) is 1. The number of nitrogens with one attached hydrogen (secondary N) is 1. The Balaban J connectivity index is 1.78. The summed E-state index contributed by atoms with van der Waals surface area (Å²) < 4.78 is 12.6. The third kappa shape index (κ3) is 5.58. The lowest BCUT2D eigenvalue weighted by atomic mass is 10.1. The van der Waals surface area contributed by atoms with Crippen LogP contribution >= 0.6 is 11.6 Å². The van der Waals surface area contributed by atoms with E-state index in [0.717, 1.165) is 28.1 Å². The number of primary amides is 1. The molecule has 162 valence electrons. The number of carbonyl (C=O) groups is 1. The summed E-state index contributed by atoms with van der Waals surface area (Å²) in [4.78, 5) is 23.9. The van der Waals surface area contributed by atoms with Gasteiger partial charge in [-0.15, -0.1) is 0 Å². The number of rotatable bonds is 8. The van der Waals surface area contributed by atoms with Gasteiger partial charge in [0, 0.05) is 18.3 Å². The van der Waals surface area contributed by atoms with E-state index in [1.165, 1.54) is 0 Å². The van der Waals surface area contributed by atoms with Gasteiger partial charge in [-0.05, 0) is 35.7 Å². The standard InChI is InChI=1S/C23H24ClN3O4/c1-15-11-20(31-14-18-6-4-3-5-17(18)12-26-23(25)29)21(24)22(28)27(15)13-16-7-9-19(30-2)10-8-16/h3-11H,12-14H2,1-2H3,(H3,25,26,29). The van der Waals surface area contributed by atoms with Crippen molar-refractivity contribution in [1.82, 2.24) is 9.88 Å². The third-order valence-corrected chi connectivity index (χ3v) is 5.22. The zero-order valence-corrected chi connectivity index (χ0v) is 18.1. The van der Waals surface area contributed by atoms with Crippen LogP contribution in [0.5, 0.6) is 11.5 Å². The topological polar surface area (TPSA) is 95.6 Å². The van der Waals surface area contributed by atoms with E-state index >= 15 is 0 Å². The monoisotopic (exact) mass is 441 g/mol. The zero-order chi connectivity index (χ0) is 22.4. The number of halogens is 1. The minimum atomic E-state index is -0.602. The first-order chi connectivity index (χ1) is 14.9. The summed E-state index contributed by atoms with van der Waals surface area (Å²) in [5, 5.41) is 2.58. The summed E-state index contributed by atoms with van der Waals surface area (Å²) in [5.74, 6) is 1.06. The first kappa shape index (κ1) is 22.2. The van der Waals surface area contributed by atoms with Crippen LogP contribution < -0.4 is 26.1 Å². The van der Waals surface area contributed by atoms with Gasteiger partial charge < -0.3 is 25.1 Å². The van der Waals surface area contributed by atoms with Gasteiger partial charge in [0.05, 0.1) is 13.7 Å². The van der Waals surface area contributed by atoms with Crippen LogP contribution in [0.3, 0.4) is 0 Å². The number of aromatic nitrogens is 1. The van der Waals surface area contributed by atoms with Crippen molar-refractivity contribution < 1.29 is 14.3 Å². The molecule has 2 aromatic carbocycles. The fourth-order valence-corrected chi connectivity index (χ4v) is 3.35. The molecule has 31 heavy (non-hydrogen) atoms. The average Bonchev–Trinajstić information content (AvgIpc) is 2.77. The van der Waals surface area contributed by atoms with E-state index in [1.807, 2.05) is 55.5 Å². The van der Waals surface area contributed by atoms with Crippen LogP contribution in [0.4, 0.5) is 4.79 Å². The number of amides is 2. The molecule has 0 fully saturated rings. The van der Waals surface area contributed by atoms with Gasteiger partial charge in [0.25, 0.3) is 5.56 Å². The normalized spacial score (nSPS) is 10.5. The van der Waals surface area contributed by atoms with E-state index in [1.54, 1.807) is 17.7 Å². The highest BCUT2D eigenvalue weighted by atomic mass is 35.5. The first-order valence-corrected chi connectivity index (χ1v) is 10.0. The van der Waals surface area contributed by atoms with Gasteiger partial charge in [-0.3, -0.25) is 4.79 Å². The maximum atomic E-state index is 12.9. The zero-order valence-electron chi connectivity index (χ0n) is 17.4. The summed E-state index contributed by atoms with van der Waals surface area (Å²) in [6.07, 6.45) is 0. The van der Waals surface area contributed by atoms with Crippen molar-refractivity contribution in [2.45, 2.75) is 26.6 Å². The molecule has 2 amide bonds. The average molecular weight is 442 g/mol. The third-order valence-electron chi connectivity index (χ3n) is 4.87. The highest BCUT2D eigenvalue weighted by Gasteiger charge is 2.14. The molecule has 0 atom stereocenters. The fourth-order valence-electron chi connectivity index (χ4n) is 3.14. The molecule has 0 spiro atoms. The predicted molar refractivity (Wildman–Crippen MR) is 120 cm³/mol. The lowest BCUT2D eigenvalue weighted by molar-refractivity contribution is 0.248. The Morgan fingerprint density at radius 3 is 2.45 bits per heavy atom. The van der Waals surface area contributed by atoms with Crippen molar-refractivity contribution >= 4 is 17.6 Å². The van der Waals surface area contributed by atoms with Gasteiger partial charge >= 0.3 is 6.03 Å². The summed E-state index contributed by atoms with van der Waals surface area (Å²) >= 11 is 6.34. The molecule has 3 aromatic rings. The van der Waals surface area contributed by atoms with E-state index in [0.29, 0.717) is 12.3 Å². The van der Waals surface area contributed by atoms with Crippen LogP contribution in [0.25, 0.3) is 0 Å². The molecule has 3 N–H and O–H groups in total. The summed E-state index contributed by atoms with van der Waals surface area (Å²) in [7, 11) is 1.61. The van der Waals surface area contributed by atoms with Crippen molar-refractivity contribution in [2.24, 2.45) is 5.73 Å². The number of nitrogens with two attached hydrogens (primary N) is 1. The second-order valence-corrected chi connectivity index (χ2v) is 7.36. The molecule has 0 saturated heterocycles. The first-order valence-electron chi connectivity index (χ1n) is 9.64. The lowest BCUT2D eigenvalue weighted by Crippen LogP contribution is -2.29. The Labute approximate surface area is 185 Å². The highest BCUT2D eigenvalue weighted by molar-refractivity contribution is 6.31. The number of methoxy groups -OCH3 is 1. The molecular formula is C23H24ClN3O4. The molecule has 0 unspecified atom stereocenters.